The van der Waals surface area contributed by atoms with E-state index in [-0.39, 0.29) is 18.4 Å². The van der Waals surface area contributed by atoms with Crippen LogP contribution >= 0.6 is 0 Å². The first-order chi connectivity index (χ1) is 13.5. The highest BCUT2D eigenvalue weighted by atomic mass is 16.2. The predicted molar refractivity (Wildman–Crippen MR) is 108 cm³/mol. The number of nitrogens with zero attached hydrogens (tertiary/aromatic N) is 5. The highest BCUT2D eigenvalue weighted by molar-refractivity contribution is 5.98. The Morgan fingerprint density at radius 1 is 1.07 bits per heavy atom. The molecule has 2 aromatic heterocycles. The Hall–Kier alpha value is -3.22. The smallest absolute Gasteiger partial charge is 0.255 e. The van der Waals surface area contributed by atoms with Crippen LogP contribution in [0, 0.1) is 0 Å². The van der Waals surface area contributed by atoms with Crippen molar-refractivity contribution in [2.45, 2.75) is 20.4 Å². The van der Waals surface area contributed by atoms with Gasteiger partial charge in [-0.3, -0.25) is 9.59 Å². The molecular weight excluding hydrogens is 354 g/mol. The minimum absolute atomic E-state index is 0.0474. The van der Waals surface area contributed by atoms with Crippen molar-refractivity contribution >= 4 is 22.8 Å². The Balaban J connectivity index is 1.75. The molecule has 0 N–H and O–H groups in total. The first kappa shape index (κ1) is 19.5. The van der Waals surface area contributed by atoms with Crippen molar-refractivity contribution in [2.24, 2.45) is 0 Å². The van der Waals surface area contributed by atoms with Crippen LogP contribution < -0.4 is 0 Å². The van der Waals surface area contributed by atoms with Gasteiger partial charge in [0.25, 0.3) is 5.91 Å². The summed E-state index contributed by atoms with van der Waals surface area (Å²) in [6.07, 6.45) is 3.26. The number of rotatable bonds is 7. The van der Waals surface area contributed by atoms with Crippen LogP contribution in [0.5, 0.6) is 0 Å². The van der Waals surface area contributed by atoms with Crippen LogP contribution in [0.15, 0.2) is 48.8 Å². The van der Waals surface area contributed by atoms with Gasteiger partial charge in [0.2, 0.25) is 5.91 Å². The Labute approximate surface area is 164 Å². The highest BCUT2D eigenvalue weighted by Gasteiger charge is 2.19. The van der Waals surface area contributed by atoms with Crippen LogP contribution in [0.25, 0.3) is 11.0 Å². The second-order valence-corrected chi connectivity index (χ2v) is 6.65. The van der Waals surface area contributed by atoms with E-state index in [4.69, 9.17) is 0 Å². The zero-order chi connectivity index (χ0) is 20.1. The molecular formula is C21H25N5O2. The lowest BCUT2D eigenvalue weighted by Gasteiger charge is -2.23. The molecule has 7 heteroatoms. The van der Waals surface area contributed by atoms with Crippen molar-refractivity contribution in [3.63, 3.8) is 0 Å². The summed E-state index contributed by atoms with van der Waals surface area (Å²) in [7, 11) is 1.63. The second kappa shape index (κ2) is 8.65. The Morgan fingerprint density at radius 2 is 1.79 bits per heavy atom. The fourth-order valence-electron chi connectivity index (χ4n) is 3.13. The largest absolute Gasteiger partial charge is 0.342 e. The molecule has 0 bridgehead atoms. The first-order valence-electron chi connectivity index (χ1n) is 9.42. The van der Waals surface area contributed by atoms with Gasteiger partial charge in [-0.25, -0.2) is 9.67 Å². The van der Waals surface area contributed by atoms with Crippen LogP contribution in [0.4, 0.5) is 0 Å². The molecule has 0 radical (unpaired) electrons. The molecule has 0 spiro atoms. The third kappa shape index (κ3) is 4.19. The van der Waals surface area contributed by atoms with Gasteiger partial charge < -0.3 is 9.80 Å². The average Bonchev–Trinajstić information content (AvgIpc) is 3.11. The predicted octanol–water partition coefficient (Wildman–Crippen LogP) is 2.42. The van der Waals surface area contributed by atoms with E-state index in [1.54, 1.807) is 30.4 Å². The van der Waals surface area contributed by atoms with E-state index < -0.39 is 0 Å². The van der Waals surface area contributed by atoms with Crippen LogP contribution in [-0.4, -0.2) is 63.1 Å². The summed E-state index contributed by atoms with van der Waals surface area (Å²) in [6, 6.07) is 11.8. The maximum absolute atomic E-state index is 12.7. The Morgan fingerprint density at radius 3 is 2.46 bits per heavy atom. The lowest BCUT2D eigenvalue weighted by atomic mass is 10.2. The Kier molecular flexibility index (Phi) is 6.03. The normalized spacial score (nSPS) is 10.8. The number of fused-ring (bicyclic) bond motifs is 1. The summed E-state index contributed by atoms with van der Waals surface area (Å²) in [5, 5.41) is 5.19. The number of hydrogen-bond acceptors (Lipinski definition) is 4. The van der Waals surface area contributed by atoms with Gasteiger partial charge in [-0.15, -0.1) is 0 Å². The van der Waals surface area contributed by atoms with Crippen molar-refractivity contribution in [2.75, 3.05) is 26.7 Å². The molecule has 0 aliphatic rings. The molecule has 3 rings (SSSR count). The molecule has 0 saturated carbocycles. The molecule has 0 fully saturated rings. The van der Waals surface area contributed by atoms with Crippen LogP contribution in [0.2, 0.25) is 0 Å². The van der Waals surface area contributed by atoms with E-state index in [0.29, 0.717) is 25.2 Å². The van der Waals surface area contributed by atoms with Crippen LogP contribution in [-0.2, 0) is 11.3 Å². The molecule has 3 aromatic rings. The van der Waals surface area contributed by atoms with E-state index >= 15 is 0 Å². The molecule has 28 heavy (non-hydrogen) atoms. The van der Waals surface area contributed by atoms with Gasteiger partial charge in [0.05, 0.1) is 24.8 Å². The van der Waals surface area contributed by atoms with E-state index in [1.807, 2.05) is 48.9 Å². The fourth-order valence-corrected chi connectivity index (χ4v) is 3.13. The van der Waals surface area contributed by atoms with E-state index in [0.717, 1.165) is 16.6 Å². The van der Waals surface area contributed by atoms with Gasteiger partial charge in [0.15, 0.2) is 5.65 Å². The number of pyridine rings is 1. The van der Waals surface area contributed by atoms with Gasteiger partial charge in [-0.05, 0) is 25.5 Å². The number of carbonyl (C=O) groups is 2. The van der Waals surface area contributed by atoms with Gasteiger partial charge >= 0.3 is 0 Å². The minimum Gasteiger partial charge on any atom is -0.342 e. The molecule has 0 unspecified atom stereocenters. The first-order valence-corrected chi connectivity index (χ1v) is 9.42. The maximum atomic E-state index is 12.7. The van der Waals surface area contributed by atoms with E-state index in [1.165, 1.54) is 4.90 Å². The number of amides is 2. The minimum atomic E-state index is -0.231. The third-order valence-electron chi connectivity index (χ3n) is 4.73. The maximum Gasteiger partial charge on any atom is 0.255 e. The van der Waals surface area contributed by atoms with Gasteiger partial charge in [-0.2, -0.15) is 5.10 Å². The molecule has 0 aliphatic carbocycles. The summed E-state index contributed by atoms with van der Waals surface area (Å²) in [5.74, 6) is -0.295. The molecule has 146 valence electrons. The molecule has 0 atom stereocenters. The van der Waals surface area contributed by atoms with Gasteiger partial charge in [0, 0.05) is 31.7 Å². The summed E-state index contributed by atoms with van der Waals surface area (Å²) < 4.78 is 1.81. The fraction of sp³-hybridized carbons (Fsp3) is 0.333. The zero-order valence-electron chi connectivity index (χ0n) is 16.5. The SMILES string of the molecule is CCN(CC)C(=O)CN(C)C(=O)c1cnc2c(cnn2Cc2ccccc2)c1. The summed E-state index contributed by atoms with van der Waals surface area (Å²) in [4.78, 5) is 32.5. The topological polar surface area (TPSA) is 71.3 Å². The summed E-state index contributed by atoms with van der Waals surface area (Å²) in [5.41, 5.74) is 2.30. The van der Waals surface area contributed by atoms with Crippen molar-refractivity contribution in [1.29, 1.82) is 0 Å². The molecule has 2 amide bonds. The number of benzene rings is 1. The Bertz CT molecular complexity index is 963. The summed E-state index contributed by atoms with van der Waals surface area (Å²) in [6.45, 7) is 5.77. The average molecular weight is 379 g/mol. The lowest BCUT2D eigenvalue weighted by molar-refractivity contribution is -0.131. The summed E-state index contributed by atoms with van der Waals surface area (Å²) >= 11 is 0. The van der Waals surface area contributed by atoms with Crippen molar-refractivity contribution in [3.8, 4) is 0 Å². The lowest BCUT2D eigenvalue weighted by Crippen LogP contribution is -2.41. The van der Waals surface area contributed by atoms with E-state index in [2.05, 4.69) is 10.1 Å². The highest BCUT2D eigenvalue weighted by Crippen LogP contribution is 2.15. The molecule has 0 saturated heterocycles. The molecule has 0 aliphatic heterocycles. The van der Waals surface area contributed by atoms with Crippen molar-refractivity contribution in [1.82, 2.24) is 24.6 Å². The second-order valence-electron chi connectivity index (χ2n) is 6.65. The van der Waals surface area contributed by atoms with Crippen molar-refractivity contribution < 1.29 is 9.59 Å². The molecule has 7 nitrogen and oxygen atoms in total. The number of aromatic nitrogens is 3. The van der Waals surface area contributed by atoms with Gasteiger partial charge in [-0.1, -0.05) is 30.3 Å². The zero-order valence-corrected chi connectivity index (χ0v) is 16.5. The van der Waals surface area contributed by atoms with Crippen molar-refractivity contribution in [3.05, 3.63) is 59.9 Å². The number of hydrogen-bond donors (Lipinski definition) is 0. The quantitative estimate of drug-likeness (QED) is 0.632. The molecule has 2 heterocycles. The van der Waals surface area contributed by atoms with Crippen LogP contribution in [0.1, 0.15) is 29.8 Å². The molecule has 1 aromatic carbocycles. The monoisotopic (exact) mass is 379 g/mol. The standard InChI is InChI=1S/C21H25N5O2/c1-4-25(5-2)19(27)15-24(3)21(28)18-11-17-13-23-26(20(17)22-12-18)14-16-9-7-6-8-10-16/h6-13H,4-5,14-15H2,1-3H3. The van der Waals surface area contributed by atoms with Crippen LogP contribution in [0.3, 0.4) is 0 Å². The number of carbonyl (C=O) groups excluding carboxylic acids is 2. The third-order valence-corrected chi connectivity index (χ3v) is 4.73. The van der Waals surface area contributed by atoms with Gasteiger partial charge in [0.1, 0.15) is 0 Å². The van der Waals surface area contributed by atoms with E-state index in [9.17, 15) is 9.59 Å². The number of likely N-dealkylation sites (N-methyl/N-ethyl adjacent to an activating group) is 2.